The largest absolute Gasteiger partial charge is 0.381 e. The Hall–Kier alpha value is -2.01. The van der Waals surface area contributed by atoms with E-state index in [2.05, 4.69) is 65.6 Å². The molecule has 0 aromatic heterocycles. The van der Waals surface area contributed by atoms with Crippen LogP contribution in [0.2, 0.25) is 0 Å². The third kappa shape index (κ3) is 7.19. The number of benzene rings is 2. The molecule has 0 N–H and O–H groups in total. The summed E-state index contributed by atoms with van der Waals surface area (Å²) in [5.41, 5.74) is 2.78. The molecule has 4 heteroatoms. The average molecular weight is 382 g/mol. The number of Topliss-reactive ketones (excluding diaryl/α,β-unsaturated/α-hetero) is 1. The Morgan fingerprint density at radius 2 is 1.18 bits per heavy atom. The predicted octanol–water partition coefficient (Wildman–Crippen LogP) is 4.23. The van der Waals surface area contributed by atoms with Gasteiger partial charge in [-0.15, -0.1) is 0 Å². The second-order valence-electron chi connectivity index (χ2n) is 7.37. The molecule has 2 heterocycles. The van der Waals surface area contributed by atoms with Crippen molar-refractivity contribution in [3.63, 3.8) is 0 Å². The average Bonchev–Trinajstić information content (AvgIpc) is 2.76. The number of hydrogen-bond donors (Lipinski definition) is 0. The van der Waals surface area contributed by atoms with Gasteiger partial charge >= 0.3 is 0 Å². The molecule has 2 aliphatic rings. The molecule has 0 bridgehead atoms. The maximum absolute atomic E-state index is 10.4. The van der Waals surface area contributed by atoms with Gasteiger partial charge in [-0.3, -0.25) is 9.69 Å². The van der Waals surface area contributed by atoms with Gasteiger partial charge in [0.1, 0.15) is 5.78 Å². The molecular formula is C24H31NO3. The van der Waals surface area contributed by atoms with Crippen LogP contribution < -0.4 is 0 Å². The van der Waals surface area contributed by atoms with Gasteiger partial charge < -0.3 is 9.47 Å². The molecule has 0 unspecified atom stereocenters. The minimum Gasteiger partial charge on any atom is -0.381 e. The molecule has 2 aromatic carbocycles. The molecule has 4 rings (SSSR count). The Bertz CT molecular complexity index is 634. The van der Waals surface area contributed by atoms with Gasteiger partial charge in [0.2, 0.25) is 0 Å². The number of carbonyl (C=O) groups excluding carboxylic acids is 1. The quantitative estimate of drug-likeness (QED) is 0.777. The van der Waals surface area contributed by atoms with Gasteiger partial charge in [0.25, 0.3) is 0 Å². The molecule has 2 saturated heterocycles. The Kier molecular flexibility index (Phi) is 8.69. The lowest BCUT2D eigenvalue weighted by atomic mass is 10.0. The van der Waals surface area contributed by atoms with Gasteiger partial charge in [-0.25, -0.2) is 0 Å². The van der Waals surface area contributed by atoms with Crippen LogP contribution >= 0.6 is 0 Å². The molecule has 0 atom stereocenters. The first-order chi connectivity index (χ1) is 13.8. The van der Waals surface area contributed by atoms with E-state index in [4.69, 9.17) is 9.47 Å². The van der Waals surface area contributed by atoms with Crippen LogP contribution in [-0.2, 0) is 27.4 Å². The van der Waals surface area contributed by atoms with Gasteiger partial charge in [0.05, 0.1) is 13.2 Å². The third-order valence-corrected chi connectivity index (χ3v) is 5.21. The second kappa shape index (κ2) is 11.7. The van der Waals surface area contributed by atoms with Crippen LogP contribution in [0.1, 0.15) is 36.8 Å². The number of carbonyl (C=O) groups is 1. The van der Waals surface area contributed by atoms with Gasteiger partial charge in [0, 0.05) is 45.2 Å². The molecule has 0 amide bonds. The molecular weight excluding hydrogens is 350 g/mol. The van der Waals surface area contributed by atoms with E-state index in [1.807, 2.05) is 0 Å². The number of ether oxygens (including phenoxy) is 2. The zero-order valence-electron chi connectivity index (χ0n) is 16.6. The smallest absolute Gasteiger partial charge is 0.137 e. The highest BCUT2D eigenvalue weighted by Gasteiger charge is 2.21. The summed E-state index contributed by atoms with van der Waals surface area (Å²) >= 11 is 0. The molecule has 0 radical (unpaired) electrons. The van der Waals surface area contributed by atoms with Crippen molar-refractivity contribution in [1.29, 1.82) is 0 Å². The molecule has 2 aliphatic heterocycles. The van der Waals surface area contributed by atoms with E-state index in [1.165, 1.54) is 11.1 Å². The van der Waals surface area contributed by atoms with Crippen molar-refractivity contribution in [3.05, 3.63) is 71.8 Å². The second-order valence-corrected chi connectivity index (χ2v) is 7.37. The standard InChI is InChI=1S/C19H23NO.C5H8O2/c1-3-7-17(8-4-1)15-20(19-11-13-21-14-12-19)16-18-9-5-2-6-10-18;6-5-1-3-7-4-2-5/h1-10,19H,11-16H2;1-4H2. The molecule has 2 aromatic rings. The highest BCUT2D eigenvalue weighted by molar-refractivity contribution is 5.79. The van der Waals surface area contributed by atoms with E-state index in [0.717, 1.165) is 39.1 Å². The van der Waals surface area contributed by atoms with Gasteiger partial charge in [-0.2, -0.15) is 0 Å². The van der Waals surface area contributed by atoms with Crippen molar-refractivity contribution in [2.24, 2.45) is 0 Å². The summed E-state index contributed by atoms with van der Waals surface area (Å²) in [6.07, 6.45) is 3.53. The van der Waals surface area contributed by atoms with Gasteiger partial charge in [0.15, 0.2) is 0 Å². The number of ketones is 1. The van der Waals surface area contributed by atoms with Crippen molar-refractivity contribution in [2.75, 3.05) is 26.4 Å². The van der Waals surface area contributed by atoms with Crippen molar-refractivity contribution in [1.82, 2.24) is 4.90 Å². The van der Waals surface area contributed by atoms with Crippen LogP contribution in [0.5, 0.6) is 0 Å². The molecule has 0 aliphatic carbocycles. The summed E-state index contributed by atoms with van der Waals surface area (Å²) in [6, 6.07) is 22.2. The fourth-order valence-corrected chi connectivity index (χ4v) is 3.60. The SMILES string of the molecule is O=C1CCOCC1.c1ccc(CN(Cc2ccccc2)C2CCOCC2)cc1. The zero-order valence-corrected chi connectivity index (χ0v) is 16.6. The lowest BCUT2D eigenvalue weighted by Gasteiger charge is -2.34. The summed E-state index contributed by atoms with van der Waals surface area (Å²) in [5.74, 6) is 0.339. The summed E-state index contributed by atoms with van der Waals surface area (Å²) in [6.45, 7) is 5.09. The Labute approximate surface area is 168 Å². The summed E-state index contributed by atoms with van der Waals surface area (Å²) < 4.78 is 10.4. The monoisotopic (exact) mass is 381 g/mol. The fourth-order valence-electron chi connectivity index (χ4n) is 3.60. The van der Waals surface area contributed by atoms with Crippen LogP contribution in [0.25, 0.3) is 0 Å². The highest BCUT2D eigenvalue weighted by atomic mass is 16.5. The van der Waals surface area contributed by atoms with Crippen molar-refractivity contribution >= 4 is 5.78 Å². The van der Waals surface area contributed by atoms with Gasteiger partial charge in [-0.05, 0) is 24.0 Å². The Balaban J connectivity index is 0.000000271. The summed E-state index contributed by atoms with van der Waals surface area (Å²) in [4.78, 5) is 13.0. The first-order valence-electron chi connectivity index (χ1n) is 10.3. The first kappa shape index (κ1) is 20.7. The zero-order chi connectivity index (χ0) is 19.4. The summed E-state index contributed by atoms with van der Waals surface area (Å²) in [7, 11) is 0. The molecule has 0 spiro atoms. The third-order valence-electron chi connectivity index (χ3n) is 5.21. The maximum atomic E-state index is 10.4. The van der Waals surface area contributed by atoms with E-state index in [9.17, 15) is 4.79 Å². The van der Waals surface area contributed by atoms with E-state index in [0.29, 0.717) is 37.9 Å². The van der Waals surface area contributed by atoms with E-state index in [-0.39, 0.29) is 0 Å². The molecule has 2 fully saturated rings. The Morgan fingerprint density at radius 3 is 1.61 bits per heavy atom. The Morgan fingerprint density at radius 1 is 0.714 bits per heavy atom. The number of rotatable bonds is 5. The van der Waals surface area contributed by atoms with E-state index in [1.54, 1.807) is 0 Å². The topological polar surface area (TPSA) is 38.8 Å². The van der Waals surface area contributed by atoms with Crippen LogP contribution in [0.4, 0.5) is 0 Å². The minimum atomic E-state index is 0.339. The minimum absolute atomic E-state index is 0.339. The highest BCUT2D eigenvalue weighted by Crippen LogP contribution is 2.20. The van der Waals surface area contributed by atoms with Crippen LogP contribution in [0.3, 0.4) is 0 Å². The number of hydrogen-bond acceptors (Lipinski definition) is 4. The molecule has 28 heavy (non-hydrogen) atoms. The lowest BCUT2D eigenvalue weighted by molar-refractivity contribution is -0.124. The number of nitrogens with zero attached hydrogens (tertiary/aromatic N) is 1. The van der Waals surface area contributed by atoms with Crippen LogP contribution in [0, 0.1) is 0 Å². The van der Waals surface area contributed by atoms with Crippen LogP contribution in [-0.4, -0.2) is 43.2 Å². The van der Waals surface area contributed by atoms with Crippen LogP contribution in [0.15, 0.2) is 60.7 Å². The maximum Gasteiger partial charge on any atom is 0.137 e. The molecule has 4 nitrogen and oxygen atoms in total. The normalized spacial score (nSPS) is 17.8. The lowest BCUT2D eigenvalue weighted by Crippen LogP contribution is -2.38. The predicted molar refractivity (Wildman–Crippen MR) is 111 cm³/mol. The first-order valence-corrected chi connectivity index (χ1v) is 10.3. The van der Waals surface area contributed by atoms with Crippen molar-refractivity contribution in [2.45, 2.75) is 44.8 Å². The molecule has 150 valence electrons. The molecule has 0 saturated carbocycles. The van der Waals surface area contributed by atoms with Crippen molar-refractivity contribution in [3.8, 4) is 0 Å². The summed E-state index contributed by atoms with van der Waals surface area (Å²) in [5, 5.41) is 0. The van der Waals surface area contributed by atoms with Gasteiger partial charge in [-0.1, -0.05) is 60.7 Å². The van der Waals surface area contributed by atoms with E-state index < -0.39 is 0 Å². The fraction of sp³-hybridized carbons (Fsp3) is 0.458. The van der Waals surface area contributed by atoms with E-state index >= 15 is 0 Å². The van der Waals surface area contributed by atoms with Crippen molar-refractivity contribution < 1.29 is 14.3 Å².